The van der Waals surface area contributed by atoms with E-state index in [1.54, 1.807) is 7.05 Å². The summed E-state index contributed by atoms with van der Waals surface area (Å²) in [6, 6.07) is 13.1. The Hall–Kier alpha value is -3.69. The van der Waals surface area contributed by atoms with Crippen LogP contribution in [-0.4, -0.2) is 78.2 Å². The van der Waals surface area contributed by atoms with Crippen LogP contribution in [0.2, 0.25) is 0 Å². The summed E-state index contributed by atoms with van der Waals surface area (Å²) in [5.74, 6) is -0.614. The highest BCUT2D eigenvalue weighted by Crippen LogP contribution is 2.32. The van der Waals surface area contributed by atoms with Gasteiger partial charge in [-0.2, -0.15) is 0 Å². The van der Waals surface area contributed by atoms with Crippen molar-refractivity contribution in [1.82, 2.24) is 20.9 Å². The predicted octanol–water partition coefficient (Wildman–Crippen LogP) is 3.40. The molecule has 0 fully saturated rings. The maximum atomic E-state index is 14.2. The Labute approximate surface area is 266 Å². The standard InChI is InChI=1S/C36H48N4O5/c1-23(25-12-6-4-7-13-25)30-34(42)37-21-11-18-27-16-10-17-28-19-20-29(45-33(27)28)22-38-31(26-14-8-5-9-15-26)36(44)40(3)32(24(2)41)35(43)39-30/h4,6-7,10,12-14,16-17,23-24,29-32,38,41H,5,8-9,11,15,18-22H2,1-3H3,(H,37,42)(H,39,43)/t23?,24?,29?,30-,31+,32+/m1/s1. The minimum atomic E-state index is -1.19. The van der Waals surface area contributed by atoms with Crippen LogP contribution in [0.15, 0.2) is 60.2 Å². The third-order valence-corrected chi connectivity index (χ3v) is 9.51. The van der Waals surface area contributed by atoms with E-state index in [0.717, 1.165) is 67.4 Å². The number of carbonyl (C=O) groups excluding carboxylic acids is 3. The zero-order valence-corrected chi connectivity index (χ0v) is 26.8. The first-order chi connectivity index (χ1) is 21.7. The molecule has 0 saturated heterocycles. The number of para-hydroxylation sites is 1. The Morgan fingerprint density at radius 2 is 1.67 bits per heavy atom. The molecule has 2 aromatic carbocycles. The van der Waals surface area contributed by atoms with E-state index in [-0.39, 0.29) is 23.8 Å². The predicted molar refractivity (Wildman–Crippen MR) is 174 cm³/mol. The van der Waals surface area contributed by atoms with Gasteiger partial charge in [-0.25, -0.2) is 0 Å². The summed E-state index contributed by atoms with van der Waals surface area (Å²) in [6.45, 7) is 4.31. The summed E-state index contributed by atoms with van der Waals surface area (Å²) in [4.78, 5) is 43.2. The van der Waals surface area contributed by atoms with Crippen molar-refractivity contribution in [3.8, 4) is 5.75 Å². The third kappa shape index (κ3) is 7.76. The van der Waals surface area contributed by atoms with Crippen LogP contribution in [-0.2, 0) is 27.2 Å². The molecule has 5 rings (SSSR count). The Morgan fingerprint density at radius 3 is 2.38 bits per heavy atom. The van der Waals surface area contributed by atoms with E-state index in [4.69, 9.17) is 4.74 Å². The highest BCUT2D eigenvalue weighted by atomic mass is 16.5. The fourth-order valence-corrected chi connectivity index (χ4v) is 6.89. The first-order valence-corrected chi connectivity index (χ1v) is 16.5. The van der Waals surface area contributed by atoms with Crippen LogP contribution in [0.5, 0.6) is 5.75 Å². The lowest BCUT2D eigenvalue weighted by molar-refractivity contribution is -0.144. The number of allylic oxidation sites excluding steroid dienone is 1. The lowest BCUT2D eigenvalue weighted by Crippen LogP contribution is -2.61. The Kier molecular flexibility index (Phi) is 10.9. The van der Waals surface area contributed by atoms with Gasteiger partial charge in [-0.05, 0) is 80.6 Å². The van der Waals surface area contributed by atoms with E-state index >= 15 is 0 Å². The topological polar surface area (TPSA) is 120 Å². The van der Waals surface area contributed by atoms with Crippen LogP contribution in [0.1, 0.15) is 75.0 Å². The van der Waals surface area contributed by atoms with Crippen molar-refractivity contribution in [2.45, 2.75) is 101 Å². The molecular formula is C36H48N4O5. The molecule has 9 heteroatoms. The number of aliphatic hydroxyl groups is 1. The molecule has 2 heterocycles. The molecule has 0 saturated carbocycles. The van der Waals surface area contributed by atoms with E-state index < -0.39 is 30.1 Å². The number of likely N-dealkylation sites (N-methyl/N-ethyl adjacent to an activating group) is 1. The highest BCUT2D eigenvalue weighted by Gasteiger charge is 2.39. The summed E-state index contributed by atoms with van der Waals surface area (Å²) in [6.07, 6.45) is 7.76. The number of nitrogens with one attached hydrogen (secondary N) is 3. The molecule has 0 aromatic heterocycles. The largest absolute Gasteiger partial charge is 0.489 e. The average Bonchev–Trinajstić information content (AvgIpc) is 3.05. The SMILES string of the molecule is CC(O)[C@H]1C(=O)N[C@H](C(C)c2ccccc2)C(=O)NCCCc2cccc3c2OC(CC3)CN[C@@H](C2=CCCCC2)C(=O)N1C. The van der Waals surface area contributed by atoms with Crippen molar-refractivity contribution in [2.24, 2.45) is 0 Å². The average molecular weight is 617 g/mol. The van der Waals surface area contributed by atoms with Crippen LogP contribution >= 0.6 is 0 Å². The number of nitrogens with zero attached hydrogens (tertiary/aromatic N) is 1. The highest BCUT2D eigenvalue weighted by molar-refractivity contribution is 5.94. The lowest BCUT2D eigenvalue weighted by atomic mass is 9.91. The molecule has 2 bridgehead atoms. The fraction of sp³-hybridized carbons (Fsp3) is 0.528. The van der Waals surface area contributed by atoms with Gasteiger partial charge in [0.25, 0.3) is 0 Å². The van der Waals surface area contributed by atoms with Gasteiger partial charge in [0.15, 0.2) is 0 Å². The Bertz CT molecular complexity index is 1380. The second kappa shape index (κ2) is 15.1. The summed E-state index contributed by atoms with van der Waals surface area (Å²) in [7, 11) is 1.56. The first-order valence-electron chi connectivity index (χ1n) is 16.5. The van der Waals surface area contributed by atoms with Gasteiger partial charge in [-0.1, -0.05) is 61.5 Å². The van der Waals surface area contributed by atoms with Gasteiger partial charge >= 0.3 is 0 Å². The number of amides is 3. The van der Waals surface area contributed by atoms with Crippen molar-refractivity contribution in [2.75, 3.05) is 20.1 Å². The molecule has 3 unspecified atom stereocenters. The number of ether oxygens (including phenoxy) is 1. The zero-order valence-electron chi connectivity index (χ0n) is 26.8. The second-order valence-corrected chi connectivity index (χ2v) is 12.8. The smallest absolute Gasteiger partial charge is 0.246 e. The van der Waals surface area contributed by atoms with Gasteiger partial charge in [0.05, 0.1) is 6.10 Å². The number of hydrogen-bond acceptors (Lipinski definition) is 6. The van der Waals surface area contributed by atoms with Crippen molar-refractivity contribution >= 4 is 17.7 Å². The maximum absolute atomic E-state index is 14.2. The molecule has 6 atom stereocenters. The molecule has 242 valence electrons. The van der Waals surface area contributed by atoms with Gasteiger partial charge in [-0.15, -0.1) is 0 Å². The van der Waals surface area contributed by atoms with Crippen molar-refractivity contribution in [3.63, 3.8) is 0 Å². The van der Waals surface area contributed by atoms with Crippen LogP contribution in [0.25, 0.3) is 0 Å². The van der Waals surface area contributed by atoms with Crippen molar-refractivity contribution < 1.29 is 24.2 Å². The quantitative estimate of drug-likeness (QED) is 0.391. The van der Waals surface area contributed by atoms with Gasteiger partial charge in [0, 0.05) is 26.1 Å². The van der Waals surface area contributed by atoms with Gasteiger partial charge < -0.3 is 25.4 Å². The van der Waals surface area contributed by atoms with E-state index in [9.17, 15) is 19.5 Å². The molecule has 0 radical (unpaired) electrons. The lowest BCUT2D eigenvalue weighted by Gasteiger charge is -2.36. The molecule has 4 N–H and O–H groups in total. The number of aryl methyl sites for hydroxylation is 2. The van der Waals surface area contributed by atoms with E-state index in [1.807, 2.05) is 37.3 Å². The van der Waals surface area contributed by atoms with Crippen molar-refractivity contribution in [3.05, 3.63) is 76.9 Å². The molecule has 3 aliphatic rings. The molecular weight excluding hydrogens is 568 g/mol. The number of benzene rings is 2. The molecule has 0 spiro atoms. The molecule has 2 aromatic rings. The second-order valence-electron chi connectivity index (χ2n) is 12.8. The van der Waals surface area contributed by atoms with Crippen LogP contribution in [0.3, 0.4) is 0 Å². The summed E-state index contributed by atoms with van der Waals surface area (Å²) in [5.41, 5.74) is 4.19. The third-order valence-electron chi connectivity index (χ3n) is 9.51. The van der Waals surface area contributed by atoms with Crippen LogP contribution < -0.4 is 20.7 Å². The van der Waals surface area contributed by atoms with Crippen LogP contribution in [0.4, 0.5) is 0 Å². The number of hydrogen-bond donors (Lipinski definition) is 4. The van der Waals surface area contributed by atoms with E-state index in [2.05, 4.69) is 40.2 Å². The number of aliphatic hydroxyl groups excluding tert-OH is 1. The number of fused-ring (bicyclic) bond motifs is 1. The summed E-state index contributed by atoms with van der Waals surface area (Å²) >= 11 is 0. The molecule has 3 amide bonds. The monoisotopic (exact) mass is 616 g/mol. The molecule has 2 aliphatic heterocycles. The van der Waals surface area contributed by atoms with Crippen LogP contribution in [0, 0.1) is 0 Å². The summed E-state index contributed by atoms with van der Waals surface area (Å²) in [5, 5.41) is 20.3. The molecule has 1 aliphatic carbocycles. The normalized spacial score (nSPS) is 26.7. The fourth-order valence-electron chi connectivity index (χ4n) is 6.89. The van der Waals surface area contributed by atoms with E-state index in [1.165, 1.54) is 17.4 Å². The maximum Gasteiger partial charge on any atom is 0.246 e. The minimum absolute atomic E-state index is 0.113. The Balaban J connectivity index is 1.49. The molecule has 45 heavy (non-hydrogen) atoms. The molecule has 9 nitrogen and oxygen atoms in total. The Morgan fingerprint density at radius 1 is 0.911 bits per heavy atom. The van der Waals surface area contributed by atoms with E-state index in [0.29, 0.717) is 19.5 Å². The van der Waals surface area contributed by atoms with Gasteiger partial charge in [0.1, 0.15) is 30.0 Å². The minimum Gasteiger partial charge on any atom is -0.489 e. The van der Waals surface area contributed by atoms with Gasteiger partial charge in [-0.3, -0.25) is 19.7 Å². The first kappa shape index (κ1) is 32.7. The number of rotatable bonds is 4. The zero-order chi connectivity index (χ0) is 31.9. The summed E-state index contributed by atoms with van der Waals surface area (Å²) < 4.78 is 6.55. The van der Waals surface area contributed by atoms with Gasteiger partial charge in [0.2, 0.25) is 17.7 Å². The van der Waals surface area contributed by atoms with Crippen molar-refractivity contribution in [1.29, 1.82) is 0 Å². The number of carbonyl (C=O) groups is 3.